The Hall–Kier alpha value is -2.24. The molecule has 126 valence electrons. The van der Waals surface area contributed by atoms with Crippen molar-refractivity contribution in [2.24, 2.45) is 5.73 Å². The van der Waals surface area contributed by atoms with Crippen molar-refractivity contribution in [3.63, 3.8) is 0 Å². The molecule has 0 aliphatic heterocycles. The van der Waals surface area contributed by atoms with E-state index in [1.165, 1.54) is 5.56 Å². The molecular formula is C17H24N2O4. The van der Waals surface area contributed by atoms with Gasteiger partial charge in [0.1, 0.15) is 11.4 Å². The number of aryl methyl sites for hydroxylation is 1. The summed E-state index contributed by atoms with van der Waals surface area (Å²) in [6, 6.07) is 5.77. The van der Waals surface area contributed by atoms with Crippen LogP contribution in [0.2, 0.25) is 0 Å². The number of rotatable bonds is 4. The number of amides is 2. The Morgan fingerprint density at radius 2 is 2.04 bits per heavy atom. The lowest BCUT2D eigenvalue weighted by Gasteiger charge is -2.27. The van der Waals surface area contributed by atoms with Gasteiger partial charge < -0.3 is 20.5 Å². The molecule has 6 nitrogen and oxygen atoms in total. The largest absolute Gasteiger partial charge is 0.484 e. The second-order valence-corrected chi connectivity index (χ2v) is 6.77. The number of nitrogens with one attached hydrogen (secondary N) is 1. The summed E-state index contributed by atoms with van der Waals surface area (Å²) < 4.78 is 10.6. The lowest BCUT2D eigenvalue weighted by molar-refractivity contribution is -0.119. The van der Waals surface area contributed by atoms with Crippen molar-refractivity contribution in [2.75, 3.05) is 6.61 Å². The maximum atomic E-state index is 11.9. The molecule has 0 heterocycles. The summed E-state index contributed by atoms with van der Waals surface area (Å²) in [6.07, 6.45) is 2.06. The number of hydrogen-bond donors (Lipinski definition) is 2. The fraction of sp³-hybridized carbons (Fsp3) is 0.529. The smallest absolute Gasteiger partial charge is 0.407 e. The molecule has 0 aromatic heterocycles. The van der Waals surface area contributed by atoms with Crippen molar-refractivity contribution in [1.82, 2.24) is 5.32 Å². The quantitative estimate of drug-likeness (QED) is 0.887. The third kappa shape index (κ3) is 5.47. The molecule has 0 spiro atoms. The zero-order valence-electron chi connectivity index (χ0n) is 13.8. The molecule has 2 rings (SSSR count). The van der Waals surface area contributed by atoms with Crippen LogP contribution in [0.15, 0.2) is 18.2 Å². The Bertz CT molecular complexity index is 593. The Balaban J connectivity index is 1.97. The monoisotopic (exact) mass is 320 g/mol. The molecule has 0 saturated heterocycles. The fourth-order valence-corrected chi connectivity index (χ4v) is 2.58. The molecule has 6 heteroatoms. The third-order valence-electron chi connectivity index (χ3n) is 3.51. The summed E-state index contributed by atoms with van der Waals surface area (Å²) >= 11 is 0. The minimum Gasteiger partial charge on any atom is -0.484 e. The van der Waals surface area contributed by atoms with Gasteiger partial charge in [-0.2, -0.15) is 0 Å². The normalized spacial score (nSPS) is 17.1. The van der Waals surface area contributed by atoms with Gasteiger partial charge in [-0.15, -0.1) is 0 Å². The molecule has 2 amide bonds. The van der Waals surface area contributed by atoms with Gasteiger partial charge in [0.2, 0.25) is 0 Å². The van der Waals surface area contributed by atoms with E-state index in [-0.39, 0.29) is 12.6 Å². The van der Waals surface area contributed by atoms with E-state index < -0.39 is 17.6 Å². The maximum Gasteiger partial charge on any atom is 0.407 e. The Kier molecular flexibility index (Phi) is 5.13. The van der Waals surface area contributed by atoms with Gasteiger partial charge in [0.05, 0.1) is 0 Å². The minimum absolute atomic E-state index is 0.0312. The van der Waals surface area contributed by atoms with E-state index in [2.05, 4.69) is 5.32 Å². The number of hydrogen-bond acceptors (Lipinski definition) is 4. The van der Waals surface area contributed by atoms with Gasteiger partial charge >= 0.3 is 6.09 Å². The van der Waals surface area contributed by atoms with Crippen molar-refractivity contribution >= 4 is 12.0 Å². The summed E-state index contributed by atoms with van der Waals surface area (Å²) in [5.41, 5.74) is 6.92. The van der Waals surface area contributed by atoms with Crippen LogP contribution in [0.1, 0.15) is 38.3 Å². The molecule has 1 aromatic rings. The van der Waals surface area contributed by atoms with Gasteiger partial charge in [0.25, 0.3) is 5.91 Å². The number of primary amides is 1. The van der Waals surface area contributed by atoms with Gasteiger partial charge in [-0.3, -0.25) is 4.79 Å². The molecule has 1 unspecified atom stereocenters. The lowest BCUT2D eigenvalue weighted by atomic mass is 9.88. The molecule has 1 aromatic carbocycles. The Morgan fingerprint density at radius 3 is 2.70 bits per heavy atom. The van der Waals surface area contributed by atoms with Gasteiger partial charge in [0.15, 0.2) is 6.61 Å². The summed E-state index contributed by atoms with van der Waals surface area (Å²) in [4.78, 5) is 22.7. The lowest BCUT2D eigenvalue weighted by Crippen LogP contribution is -2.41. The first-order valence-corrected chi connectivity index (χ1v) is 7.75. The summed E-state index contributed by atoms with van der Waals surface area (Å²) in [5.74, 6) is 0.104. The average molecular weight is 320 g/mol. The van der Waals surface area contributed by atoms with Crippen molar-refractivity contribution < 1.29 is 19.1 Å². The minimum atomic E-state index is -0.508. The molecule has 23 heavy (non-hydrogen) atoms. The molecule has 1 atom stereocenters. The average Bonchev–Trinajstić information content (AvgIpc) is 2.42. The molecule has 1 aliphatic carbocycles. The molecular weight excluding hydrogens is 296 g/mol. The molecule has 0 saturated carbocycles. The zero-order chi connectivity index (χ0) is 17.0. The molecule has 0 fully saturated rings. The predicted octanol–water partition coefficient (Wildman–Crippen LogP) is 1.93. The predicted molar refractivity (Wildman–Crippen MR) is 86.3 cm³/mol. The first-order valence-electron chi connectivity index (χ1n) is 7.75. The maximum absolute atomic E-state index is 11.9. The molecule has 0 radical (unpaired) electrons. The highest BCUT2D eigenvalue weighted by molar-refractivity contribution is 5.75. The van der Waals surface area contributed by atoms with Crippen LogP contribution in [-0.4, -0.2) is 30.3 Å². The fourth-order valence-electron chi connectivity index (χ4n) is 2.58. The summed E-state index contributed by atoms with van der Waals surface area (Å²) in [7, 11) is 0. The number of benzene rings is 1. The second kappa shape index (κ2) is 6.89. The van der Waals surface area contributed by atoms with E-state index >= 15 is 0 Å². The number of carbonyl (C=O) groups excluding carboxylic acids is 2. The second-order valence-electron chi connectivity index (χ2n) is 6.77. The summed E-state index contributed by atoms with van der Waals surface area (Å²) in [6.45, 7) is 5.37. The SMILES string of the molecule is CC(C)(C)OC(=O)NC1CCc2ccc(OCC(N)=O)cc2C1. The highest BCUT2D eigenvalue weighted by Gasteiger charge is 2.23. The van der Waals surface area contributed by atoms with Gasteiger partial charge in [-0.1, -0.05) is 6.07 Å². The van der Waals surface area contributed by atoms with Crippen LogP contribution in [0, 0.1) is 0 Å². The zero-order valence-corrected chi connectivity index (χ0v) is 13.8. The molecule has 3 N–H and O–H groups in total. The van der Waals surface area contributed by atoms with E-state index in [1.807, 2.05) is 39.0 Å². The van der Waals surface area contributed by atoms with E-state index in [9.17, 15) is 9.59 Å². The topological polar surface area (TPSA) is 90.7 Å². The van der Waals surface area contributed by atoms with E-state index in [1.54, 1.807) is 0 Å². The number of fused-ring (bicyclic) bond motifs is 1. The van der Waals surface area contributed by atoms with E-state index in [0.29, 0.717) is 12.2 Å². The van der Waals surface area contributed by atoms with Crippen molar-refractivity contribution in [3.8, 4) is 5.75 Å². The van der Waals surface area contributed by atoms with Crippen LogP contribution in [0.5, 0.6) is 5.75 Å². The van der Waals surface area contributed by atoms with Crippen LogP contribution in [-0.2, 0) is 22.4 Å². The number of nitrogens with two attached hydrogens (primary N) is 1. The van der Waals surface area contributed by atoms with E-state index in [0.717, 1.165) is 18.4 Å². The van der Waals surface area contributed by atoms with Crippen LogP contribution in [0.3, 0.4) is 0 Å². The van der Waals surface area contributed by atoms with Crippen molar-refractivity contribution in [2.45, 2.75) is 51.7 Å². The third-order valence-corrected chi connectivity index (χ3v) is 3.51. The van der Waals surface area contributed by atoms with Crippen LogP contribution in [0.25, 0.3) is 0 Å². The van der Waals surface area contributed by atoms with Crippen LogP contribution < -0.4 is 15.8 Å². The first-order chi connectivity index (χ1) is 10.7. The van der Waals surface area contributed by atoms with Crippen molar-refractivity contribution in [3.05, 3.63) is 29.3 Å². The molecule has 0 bridgehead atoms. The molecule has 1 aliphatic rings. The number of alkyl carbamates (subject to hydrolysis) is 1. The van der Waals surface area contributed by atoms with Crippen molar-refractivity contribution in [1.29, 1.82) is 0 Å². The Morgan fingerprint density at radius 1 is 1.30 bits per heavy atom. The van der Waals surface area contributed by atoms with Crippen LogP contribution >= 0.6 is 0 Å². The van der Waals surface area contributed by atoms with E-state index in [4.69, 9.17) is 15.2 Å². The standard InChI is InChI=1S/C17H24N2O4/c1-17(2,3)23-16(21)19-13-6-4-11-5-7-14(9-12(11)8-13)22-10-15(18)20/h5,7,9,13H,4,6,8,10H2,1-3H3,(H2,18,20)(H,19,21). The Labute approximate surface area is 136 Å². The summed E-state index contributed by atoms with van der Waals surface area (Å²) in [5, 5.41) is 2.91. The number of carbonyl (C=O) groups is 2. The highest BCUT2D eigenvalue weighted by atomic mass is 16.6. The highest BCUT2D eigenvalue weighted by Crippen LogP contribution is 2.26. The first kappa shape index (κ1) is 17.1. The number of ether oxygens (including phenoxy) is 2. The van der Waals surface area contributed by atoms with Gasteiger partial charge in [0, 0.05) is 6.04 Å². The van der Waals surface area contributed by atoms with Gasteiger partial charge in [-0.25, -0.2) is 4.79 Å². The van der Waals surface area contributed by atoms with Crippen LogP contribution in [0.4, 0.5) is 4.79 Å². The van der Waals surface area contributed by atoms with Gasteiger partial charge in [-0.05, 0) is 63.3 Å².